The summed E-state index contributed by atoms with van der Waals surface area (Å²) < 4.78 is 0. The molecule has 0 saturated carbocycles. The van der Waals surface area contributed by atoms with Crippen molar-refractivity contribution in [3.63, 3.8) is 0 Å². The van der Waals surface area contributed by atoms with Crippen LogP contribution in [0, 0.1) is 10.1 Å². The molecule has 0 aliphatic carbocycles. The van der Waals surface area contributed by atoms with Gasteiger partial charge >= 0.3 is 5.84 Å². The molecule has 0 radical (unpaired) electrons. The highest BCUT2D eigenvalue weighted by atomic mass is 16.6. The Balaban J connectivity index is 4.33. The van der Waals surface area contributed by atoms with Crippen LogP contribution in [0.3, 0.4) is 0 Å². The summed E-state index contributed by atoms with van der Waals surface area (Å²) in [4.78, 5) is 12.9. The number of amidine groups is 1. The highest BCUT2D eigenvalue weighted by molar-refractivity contribution is 5.85. The van der Waals surface area contributed by atoms with Crippen LogP contribution in [0.5, 0.6) is 0 Å². The lowest BCUT2D eigenvalue weighted by atomic mass is 10.6. The summed E-state index contributed by atoms with van der Waals surface area (Å²) in [5.41, 5.74) is 0. The molecule has 0 N–H and O–H groups in total. The van der Waals surface area contributed by atoms with E-state index >= 15 is 0 Å². The van der Waals surface area contributed by atoms with Crippen molar-refractivity contribution in [1.82, 2.24) is 0 Å². The van der Waals surface area contributed by atoms with Gasteiger partial charge in [0.25, 0.3) is 0 Å². The molecular formula is C6H8N2O2. The van der Waals surface area contributed by atoms with E-state index in [0.29, 0.717) is 0 Å². The summed E-state index contributed by atoms with van der Waals surface area (Å²) in [5, 5.41) is 10.0. The lowest BCUT2D eigenvalue weighted by Crippen LogP contribution is -2.06. The lowest BCUT2D eigenvalue weighted by Gasteiger charge is -1.86. The Morgan fingerprint density at radius 1 is 1.80 bits per heavy atom. The fourth-order valence-corrected chi connectivity index (χ4v) is 0.325. The molecule has 0 aromatic heterocycles. The van der Waals surface area contributed by atoms with Gasteiger partial charge < -0.3 is 10.1 Å². The quantitative estimate of drug-likeness (QED) is 0.252. The number of hydrogen-bond donors (Lipinski definition) is 0. The molecule has 0 unspecified atom stereocenters. The number of allylic oxidation sites excluding steroid dienone is 1. The van der Waals surface area contributed by atoms with Gasteiger partial charge in [-0.3, -0.25) is 0 Å². The zero-order valence-corrected chi connectivity index (χ0v) is 5.65. The van der Waals surface area contributed by atoms with Crippen LogP contribution in [0.4, 0.5) is 0 Å². The minimum absolute atomic E-state index is 0.238. The molecular weight excluding hydrogens is 132 g/mol. The van der Waals surface area contributed by atoms with Crippen molar-refractivity contribution in [2.24, 2.45) is 4.99 Å². The smallest absolute Gasteiger partial charge is 0.358 e. The molecule has 0 atom stereocenters. The molecule has 0 aromatic rings. The van der Waals surface area contributed by atoms with Gasteiger partial charge in [0.05, 0.1) is 0 Å². The zero-order valence-electron chi connectivity index (χ0n) is 5.65. The number of nitrogens with zero attached hydrogens (tertiary/aromatic N) is 2. The second kappa shape index (κ2) is 4.43. The summed E-state index contributed by atoms with van der Waals surface area (Å²) in [6.45, 7) is 4.96. The Bertz CT molecular complexity index is 194. The van der Waals surface area contributed by atoms with E-state index in [4.69, 9.17) is 0 Å². The third-order valence-corrected chi connectivity index (χ3v) is 0.726. The Hall–Kier alpha value is -1.45. The topological polar surface area (TPSA) is 55.5 Å². The summed E-state index contributed by atoms with van der Waals surface area (Å²) in [7, 11) is 0. The molecule has 0 aliphatic heterocycles. The van der Waals surface area contributed by atoms with Gasteiger partial charge in [0.15, 0.2) is 0 Å². The van der Waals surface area contributed by atoms with Crippen LogP contribution >= 0.6 is 0 Å². The van der Waals surface area contributed by atoms with Crippen LogP contribution in [-0.2, 0) is 0 Å². The van der Waals surface area contributed by atoms with E-state index in [-0.39, 0.29) is 5.84 Å². The van der Waals surface area contributed by atoms with Gasteiger partial charge in [0.2, 0.25) is 0 Å². The van der Waals surface area contributed by atoms with Crippen molar-refractivity contribution < 1.29 is 4.92 Å². The summed E-state index contributed by atoms with van der Waals surface area (Å²) in [5.74, 6) is -0.238. The van der Waals surface area contributed by atoms with E-state index in [2.05, 4.69) is 11.6 Å². The molecule has 0 bridgehead atoms. The van der Waals surface area contributed by atoms with Crippen LogP contribution in [0.2, 0.25) is 0 Å². The van der Waals surface area contributed by atoms with E-state index in [1.165, 1.54) is 6.20 Å². The predicted molar refractivity (Wildman–Crippen MR) is 39.4 cm³/mol. The number of rotatable bonds is 2. The molecule has 10 heavy (non-hydrogen) atoms. The second-order valence-electron chi connectivity index (χ2n) is 1.43. The Kier molecular flexibility index (Phi) is 3.79. The Morgan fingerprint density at radius 3 is 2.70 bits per heavy atom. The molecule has 0 aromatic carbocycles. The monoisotopic (exact) mass is 140 g/mol. The second-order valence-corrected chi connectivity index (χ2v) is 1.43. The maximum Gasteiger partial charge on any atom is 0.362 e. The van der Waals surface area contributed by atoms with Crippen LogP contribution in [0.25, 0.3) is 0 Å². The van der Waals surface area contributed by atoms with Gasteiger partial charge in [-0.15, -0.1) is 0 Å². The molecule has 4 nitrogen and oxygen atoms in total. The standard InChI is InChI=1S/C6H8N2O2/c1-3-5-7-6(4-2)8(9)10/h3-5H,2H2,1H3/b5-3-,7-6?. The number of hydrogen-bond acceptors (Lipinski definition) is 3. The average molecular weight is 140 g/mol. The lowest BCUT2D eigenvalue weighted by molar-refractivity contribution is -0.348. The normalized spacial score (nSPS) is 11.9. The van der Waals surface area contributed by atoms with Crippen molar-refractivity contribution in [3.05, 3.63) is 35.0 Å². The Labute approximate surface area is 58.7 Å². The summed E-state index contributed by atoms with van der Waals surface area (Å²) in [6.07, 6.45) is 4.05. The van der Waals surface area contributed by atoms with Gasteiger partial charge in [0, 0.05) is 6.08 Å². The van der Waals surface area contributed by atoms with Gasteiger partial charge in [-0.2, -0.15) is 0 Å². The first kappa shape index (κ1) is 8.55. The van der Waals surface area contributed by atoms with Crippen molar-refractivity contribution in [2.45, 2.75) is 6.92 Å². The van der Waals surface area contributed by atoms with Gasteiger partial charge in [-0.25, -0.2) is 0 Å². The van der Waals surface area contributed by atoms with E-state index in [0.717, 1.165) is 6.08 Å². The zero-order chi connectivity index (χ0) is 7.98. The molecule has 0 fully saturated rings. The van der Waals surface area contributed by atoms with E-state index in [9.17, 15) is 10.1 Å². The fourth-order valence-electron chi connectivity index (χ4n) is 0.325. The summed E-state index contributed by atoms with van der Waals surface area (Å²) in [6, 6.07) is 0. The molecule has 4 heteroatoms. The highest BCUT2D eigenvalue weighted by Crippen LogP contribution is 1.83. The van der Waals surface area contributed by atoms with Crippen molar-refractivity contribution in [2.75, 3.05) is 0 Å². The molecule has 0 amide bonds. The minimum atomic E-state index is -0.590. The fraction of sp³-hybridized carbons (Fsp3) is 0.167. The predicted octanol–water partition coefficient (Wildman–Crippen LogP) is 1.38. The number of nitro groups is 1. The molecule has 0 saturated heterocycles. The van der Waals surface area contributed by atoms with Crippen LogP contribution in [-0.4, -0.2) is 10.8 Å². The van der Waals surface area contributed by atoms with Crippen LogP contribution in [0.1, 0.15) is 6.92 Å². The van der Waals surface area contributed by atoms with E-state index in [1.807, 2.05) is 0 Å². The third-order valence-electron chi connectivity index (χ3n) is 0.726. The maximum atomic E-state index is 10.0. The first-order valence-corrected chi connectivity index (χ1v) is 2.68. The third kappa shape index (κ3) is 2.76. The number of aliphatic imine (C=N–C) groups is 1. The molecule has 0 aliphatic rings. The first-order chi connectivity index (χ1) is 4.72. The Morgan fingerprint density at radius 2 is 2.40 bits per heavy atom. The molecule has 0 rings (SSSR count). The van der Waals surface area contributed by atoms with Gasteiger partial charge in [-0.1, -0.05) is 6.58 Å². The molecule has 0 heterocycles. The largest absolute Gasteiger partial charge is 0.362 e. The van der Waals surface area contributed by atoms with Gasteiger partial charge in [-0.05, 0) is 22.9 Å². The van der Waals surface area contributed by atoms with Crippen molar-refractivity contribution in [3.8, 4) is 0 Å². The molecule has 0 spiro atoms. The van der Waals surface area contributed by atoms with Crippen molar-refractivity contribution in [1.29, 1.82) is 0 Å². The minimum Gasteiger partial charge on any atom is -0.358 e. The average Bonchev–Trinajstić information content (AvgIpc) is 1.89. The van der Waals surface area contributed by atoms with Gasteiger partial charge in [0.1, 0.15) is 6.20 Å². The van der Waals surface area contributed by atoms with E-state index in [1.54, 1.807) is 13.0 Å². The summed E-state index contributed by atoms with van der Waals surface area (Å²) >= 11 is 0. The van der Waals surface area contributed by atoms with Crippen molar-refractivity contribution >= 4 is 5.84 Å². The highest BCUT2D eigenvalue weighted by Gasteiger charge is 2.01. The molecule has 54 valence electrons. The van der Waals surface area contributed by atoms with Crippen LogP contribution in [0.15, 0.2) is 29.9 Å². The van der Waals surface area contributed by atoms with Crippen LogP contribution < -0.4 is 0 Å². The SMILES string of the molecule is C=CC(=N/C=C\C)[N+](=O)[O-]. The van der Waals surface area contributed by atoms with E-state index < -0.39 is 4.92 Å². The first-order valence-electron chi connectivity index (χ1n) is 2.68. The maximum absolute atomic E-state index is 10.0.